The second-order valence-electron chi connectivity index (χ2n) is 1.74. The van der Waals surface area contributed by atoms with Crippen LogP contribution < -0.4 is 11.1 Å². The molecule has 0 bridgehead atoms. The molecule has 0 aliphatic carbocycles. The molecule has 1 aromatic heterocycles. The maximum Gasteiger partial charge on any atom is 0.128 e. The molecule has 0 radical (unpaired) electrons. The highest BCUT2D eigenvalue weighted by molar-refractivity contribution is 6.30. The summed E-state index contributed by atoms with van der Waals surface area (Å²) in [6.45, 7) is 0.368. The molecule has 0 aromatic carbocycles. The molecular formula is C6H8ClN3. The average molecular weight is 158 g/mol. The molecule has 0 amide bonds. The van der Waals surface area contributed by atoms with Crippen molar-refractivity contribution in [2.45, 2.75) is 0 Å². The molecule has 0 saturated heterocycles. The number of hydrogen-bond donors (Lipinski definition) is 2. The molecule has 1 rings (SSSR count). The van der Waals surface area contributed by atoms with Crippen LogP contribution in [0.1, 0.15) is 0 Å². The minimum atomic E-state index is 0.368. The number of rotatable bonds is 2. The standard InChI is InChI=1S/C6H8ClN3/c7-5-1-2-9-6(3-5)10-4-8/h1-3H,4,8H2,(H,9,10). The van der Waals surface area contributed by atoms with Gasteiger partial charge in [-0.15, -0.1) is 0 Å². The van der Waals surface area contributed by atoms with Gasteiger partial charge in [-0.1, -0.05) is 11.6 Å². The Morgan fingerprint density at radius 3 is 3.10 bits per heavy atom. The summed E-state index contributed by atoms with van der Waals surface area (Å²) in [6, 6.07) is 3.43. The van der Waals surface area contributed by atoms with Gasteiger partial charge in [0.05, 0.1) is 6.67 Å². The zero-order chi connectivity index (χ0) is 7.40. The summed E-state index contributed by atoms with van der Waals surface area (Å²) < 4.78 is 0. The number of nitrogens with one attached hydrogen (secondary N) is 1. The van der Waals surface area contributed by atoms with Gasteiger partial charge in [-0.2, -0.15) is 0 Å². The van der Waals surface area contributed by atoms with Crippen LogP contribution in [0.2, 0.25) is 5.02 Å². The number of hydrogen-bond acceptors (Lipinski definition) is 3. The van der Waals surface area contributed by atoms with Gasteiger partial charge in [0.2, 0.25) is 0 Å². The van der Waals surface area contributed by atoms with Crippen LogP contribution in [0, 0.1) is 0 Å². The first-order valence-electron chi connectivity index (χ1n) is 2.88. The molecule has 0 saturated carbocycles. The molecule has 54 valence electrons. The highest BCUT2D eigenvalue weighted by atomic mass is 35.5. The van der Waals surface area contributed by atoms with Crippen molar-refractivity contribution in [1.82, 2.24) is 4.98 Å². The van der Waals surface area contributed by atoms with Crippen molar-refractivity contribution in [2.75, 3.05) is 12.0 Å². The highest BCUT2D eigenvalue weighted by Crippen LogP contribution is 2.10. The second kappa shape index (κ2) is 3.39. The van der Waals surface area contributed by atoms with E-state index in [0.717, 1.165) is 0 Å². The smallest absolute Gasteiger partial charge is 0.128 e. The fraction of sp³-hybridized carbons (Fsp3) is 0.167. The Bertz CT molecular complexity index is 214. The number of nitrogens with zero attached hydrogens (tertiary/aromatic N) is 1. The van der Waals surface area contributed by atoms with Gasteiger partial charge in [0, 0.05) is 11.2 Å². The molecule has 3 nitrogen and oxygen atoms in total. The van der Waals surface area contributed by atoms with Gasteiger partial charge in [0.1, 0.15) is 5.82 Å². The van der Waals surface area contributed by atoms with Crippen LogP contribution in [-0.2, 0) is 0 Å². The van der Waals surface area contributed by atoms with E-state index in [2.05, 4.69) is 10.3 Å². The summed E-state index contributed by atoms with van der Waals surface area (Å²) in [5.41, 5.74) is 5.22. The highest BCUT2D eigenvalue weighted by Gasteiger charge is 1.90. The van der Waals surface area contributed by atoms with Crippen LogP contribution in [0.5, 0.6) is 0 Å². The molecule has 3 N–H and O–H groups in total. The topological polar surface area (TPSA) is 50.9 Å². The molecule has 0 aliphatic heterocycles. The molecule has 0 unspecified atom stereocenters. The lowest BCUT2D eigenvalue weighted by atomic mass is 10.5. The fourth-order valence-electron chi connectivity index (χ4n) is 0.606. The van der Waals surface area contributed by atoms with Crippen molar-refractivity contribution in [3.8, 4) is 0 Å². The maximum atomic E-state index is 5.66. The average Bonchev–Trinajstić information content (AvgIpc) is 1.88. The van der Waals surface area contributed by atoms with Crippen LogP contribution in [0.4, 0.5) is 5.82 Å². The normalized spacial score (nSPS) is 9.40. The predicted molar refractivity (Wildman–Crippen MR) is 41.9 cm³/mol. The van der Waals surface area contributed by atoms with Gasteiger partial charge in [0.15, 0.2) is 0 Å². The van der Waals surface area contributed by atoms with E-state index in [9.17, 15) is 0 Å². The monoisotopic (exact) mass is 157 g/mol. The van der Waals surface area contributed by atoms with Crippen LogP contribution in [0.25, 0.3) is 0 Å². The van der Waals surface area contributed by atoms with Gasteiger partial charge in [-0.25, -0.2) is 4.98 Å². The molecule has 0 atom stereocenters. The summed E-state index contributed by atoms with van der Waals surface area (Å²) >= 11 is 5.66. The zero-order valence-electron chi connectivity index (χ0n) is 5.34. The van der Waals surface area contributed by atoms with Gasteiger partial charge < -0.3 is 11.1 Å². The van der Waals surface area contributed by atoms with Gasteiger partial charge >= 0.3 is 0 Å². The molecule has 0 fully saturated rings. The number of anilines is 1. The van der Waals surface area contributed by atoms with Crippen LogP contribution in [0.15, 0.2) is 18.3 Å². The molecule has 4 heteroatoms. The third-order valence-corrected chi connectivity index (χ3v) is 1.24. The fourth-order valence-corrected chi connectivity index (χ4v) is 0.766. The second-order valence-corrected chi connectivity index (χ2v) is 2.18. The summed E-state index contributed by atoms with van der Waals surface area (Å²) in [5, 5.41) is 3.49. The Kier molecular flexibility index (Phi) is 2.48. The lowest BCUT2D eigenvalue weighted by molar-refractivity contribution is 1.11. The number of nitrogens with two attached hydrogens (primary N) is 1. The molecular weight excluding hydrogens is 150 g/mol. The number of halogens is 1. The van der Waals surface area contributed by atoms with Gasteiger partial charge in [-0.3, -0.25) is 0 Å². The first kappa shape index (κ1) is 7.31. The summed E-state index contributed by atoms with van der Waals surface area (Å²) in [6.07, 6.45) is 1.63. The van der Waals surface area contributed by atoms with Crippen LogP contribution >= 0.6 is 11.6 Å². The Balaban J connectivity index is 2.75. The zero-order valence-corrected chi connectivity index (χ0v) is 6.10. The van der Waals surface area contributed by atoms with Crippen molar-refractivity contribution >= 4 is 17.4 Å². The molecule has 0 spiro atoms. The SMILES string of the molecule is NCNc1cc(Cl)ccn1. The lowest BCUT2D eigenvalue weighted by Crippen LogP contribution is -2.11. The Morgan fingerprint density at radius 2 is 2.50 bits per heavy atom. The number of aromatic nitrogens is 1. The summed E-state index contributed by atoms with van der Waals surface area (Å²) in [7, 11) is 0. The van der Waals surface area contributed by atoms with Crippen molar-refractivity contribution in [3.05, 3.63) is 23.4 Å². The van der Waals surface area contributed by atoms with E-state index in [4.69, 9.17) is 17.3 Å². The van der Waals surface area contributed by atoms with E-state index in [-0.39, 0.29) is 0 Å². The van der Waals surface area contributed by atoms with Crippen molar-refractivity contribution in [3.63, 3.8) is 0 Å². The van der Waals surface area contributed by atoms with Crippen LogP contribution in [-0.4, -0.2) is 11.7 Å². The Hall–Kier alpha value is -0.800. The molecule has 1 heterocycles. The number of pyridine rings is 1. The Morgan fingerprint density at radius 1 is 1.70 bits per heavy atom. The lowest BCUT2D eigenvalue weighted by Gasteiger charge is -1.99. The maximum absolute atomic E-state index is 5.66. The minimum Gasteiger partial charge on any atom is -0.358 e. The van der Waals surface area contributed by atoms with Crippen LogP contribution in [0.3, 0.4) is 0 Å². The van der Waals surface area contributed by atoms with Crippen molar-refractivity contribution in [1.29, 1.82) is 0 Å². The van der Waals surface area contributed by atoms with E-state index in [0.29, 0.717) is 17.5 Å². The van der Waals surface area contributed by atoms with Crippen molar-refractivity contribution in [2.24, 2.45) is 5.73 Å². The van der Waals surface area contributed by atoms with Crippen molar-refractivity contribution < 1.29 is 0 Å². The molecule has 10 heavy (non-hydrogen) atoms. The first-order valence-corrected chi connectivity index (χ1v) is 3.26. The first-order chi connectivity index (χ1) is 4.83. The minimum absolute atomic E-state index is 0.368. The van der Waals surface area contributed by atoms with E-state index < -0.39 is 0 Å². The summed E-state index contributed by atoms with van der Waals surface area (Å²) in [5.74, 6) is 0.704. The third-order valence-electron chi connectivity index (χ3n) is 1.01. The van der Waals surface area contributed by atoms with E-state index in [1.165, 1.54) is 0 Å². The Labute approximate surface area is 64.2 Å². The molecule has 1 aromatic rings. The van der Waals surface area contributed by atoms with E-state index >= 15 is 0 Å². The quantitative estimate of drug-likeness (QED) is 0.632. The van der Waals surface area contributed by atoms with Gasteiger partial charge in [-0.05, 0) is 12.1 Å². The van der Waals surface area contributed by atoms with E-state index in [1.54, 1.807) is 18.3 Å². The molecule has 0 aliphatic rings. The van der Waals surface area contributed by atoms with E-state index in [1.807, 2.05) is 0 Å². The van der Waals surface area contributed by atoms with Gasteiger partial charge in [0.25, 0.3) is 0 Å². The summed E-state index contributed by atoms with van der Waals surface area (Å²) in [4.78, 5) is 3.95. The predicted octanol–water partition coefficient (Wildman–Crippen LogP) is 1.06. The third kappa shape index (κ3) is 1.86. The largest absolute Gasteiger partial charge is 0.358 e.